The SMILES string of the molecule is CCCC(C)OC(=O)c1n[nH]c(CC)c1S(=O)(=O)Cl. The molecule has 108 valence electrons. The number of halogens is 1. The van der Waals surface area contributed by atoms with Crippen molar-refractivity contribution < 1.29 is 17.9 Å². The topological polar surface area (TPSA) is 89.1 Å². The number of aromatic amines is 1. The summed E-state index contributed by atoms with van der Waals surface area (Å²) >= 11 is 0. The van der Waals surface area contributed by atoms with Crippen molar-refractivity contribution in [3.05, 3.63) is 11.4 Å². The van der Waals surface area contributed by atoms with Gasteiger partial charge in [-0.3, -0.25) is 5.10 Å². The number of carbonyl (C=O) groups excluding carboxylic acids is 1. The van der Waals surface area contributed by atoms with Crippen LogP contribution < -0.4 is 0 Å². The first-order valence-electron chi connectivity index (χ1n) is 6.04. The molecule has 0 spiro atoms. The van der Waals surface area contributed by atoms with Crippen molar-refractivity contribution in [3.63, 3.8) is 0 Å². The Hall–Kier alpha value is -1.08. The molecule has 0 aromatic carbocycles. The van der Waals surface area contributed by atoms with Gasteiger partial charge in [-0.1, -0.05) is 20.3 Å². The predicted octanol–water partition coefficient (Wildman–Crippen LogP) is 2.25. The Kier molecular flexibility index (Phi) is 5.37. The zero-order valence-corrected chi connectivity index (χ0v) is 12.6. The van der Waals surface area contributed by atoms with Crippen molar-refractivity contribution in [3.8, 4) is 0 Å². The first kappa shape index (κ1) is 16.0. The molecule has 0 amide bonds. The fourth-order valence-electron chi connectivity index (χ4n) is 1.71. The molecule has 19 heavy (non-hydrogen) atoms. The molecule has 1 unspecified atom stereocenters. The van der Waals surface area contributed by atoms with E-state index >= 15 is 0 Å². The van der Waals surface area contributed by atoms with Crippen molar-refractivity contribution in [2.45, 2.75) is 51.0 Å². The molecule has 1 aromatic heterocycles. The number of H-pyrrole nitrogens is 1. The van der Waals surface area contributed by atoms with E-state index in [2.05, 4.69) is 10.2 Å². The van der Waals surface area contributed by atoms with Gasteiger partial charge in [-0.15, -0.1) is 0 Å². The summed E-state index contributed by atoms with van der Waals surface area (Å²) in [6.45, 7) is 5.43. The predicted molar refractivity (Wildman–Crippen MR) is 70.8 cm³/mol. The Morgan fingerprint density at radius 2 is 2.11 bits per heavy atom. The normalized spacial score (nSPS) is 13.3. The summed E-state index contributed by atoms with van der Waals surface area (Å²) in [5.74, 6) is -0.781. The van der Waals surface area contributed by atoms with Gasteiger partial charge in [-0.2, -0.15) is 5.10 Å². The van der Waals surface area contributed by atoms with Gasteiger partial charge in [0.05, 0.1) is 11.8 Å². The van der Waals surface area contributed by atoms with E-state index in [1.165, 1.54) is 0 Å². The molecule has 0 saturated heterocycles. The van der Waals surface area contributed by atoms with Crippen LogP contribution in [0.1, 0.15) is 49.8 Å². The molecule has 1 aromatic rings. The van der Waals surface area contributed by atoms with E-state index in [1.54, 1.807) is 13.8 Å². The second-order valence-electron chi connectivity index (χ2n) is 4.18. The minimum Gasteiger partial charge on any atom is -0.458 e. The highest BCUT2D eigenvalue weighted by Crippen LogP contribution is 2.24. The number of nitrogens with one attached hydrogen (secondary N) is 1. The zero-order valence-electron chi connectivity index (χ0n) is 11.1. The smallest absolute Gasteiger partial charge is 0.360 e. The van der Waals surface area contributed by atoms with Gasteiger partial charge in [0.2, 0.25) is 0 Å². The molecule has 0 fully saturated rings. The number of aromatic nitrogens is 2. The van der Waals surface area contributed by atoms with Gasteiger partial charge in [0, 0.05) is 10.7 Å². The third-order valence-electron chi connectivity index (χ3n) is 2.59. The lowest BCUT2D eigenvalue weighted by Crippen LogP contribution is -2.17. The maximum absolute atomic E-state index is 11.9. The van der Waals surface area contributed by atoms with Gasteiger partial charge in [-0.05, 0) is 19.8 Å². The maximum Gasteiger partial charge on any atom is 0.360 e. The molecule has 0 aliphatic heterocycles. The molecule has 1 heterocycles. The van der Waals surface area contributed by atoms with Crippen molar-refractivity contribution in [1.29, 1.82) is 0 Å². The Bertz CT molecular complexity index is 553. The molecule has 0 radical (unpaired) electrons. The fourth-order valence-corrected chi connectivity index (χ4v) is 3.06. The van der Waals surface area contributed by atoms with Crippen LogP contribution >= 0.6 is 10.7 Å². The number of aryl methyl sites for hydroxylation is 1. The Morgan fingerprint density at radius 1 is 1.47 bits per heavy atom. The van der Waals surface area contributed by atoms with E-state index in [-0.39, 0.29) is 16.7 Å². The lowest BCUT2D eigenvalue weighted by Gasteiger charge is -2.11. The van der Waals surface area contributed by atoms with E-state index in [9.17, 15) is 13.2 Å². The third kappa shape index (κ3) is 3.94. The van der Waals surface area contributed by atoms with Crippen LogP contribution in [0.2, 0.25) is 0 Å². The van der Waals surface area contributed by atoms with Gasteiger partial charge in [-0.25, -0.2) is 13.2 Å². The number of nitrogens with zero attached hydrogens (tertiary/aromatic N) is 1. The largest absolute Gasteiger partial charge is 0.458 e. The van der Waals surface area contributed by atoms with Gasteiger partial charge in [0.1, 0.15) is 4.90 Å². The second-order valence-corrected chi connectivity index (χ2v) is 6.68. The summed E-state index contributed by atoms with van der Waals surface area (Å²) in [6.07, 6.45) is 1.62. The summed E-state index contributed by atoms with van der Waals surface area (Å²) in [4.78, 5) is 11.6. The number of ether oxygens (including phenoxy) is 1. The summed E-state index contributed by atoms with van der Waals surface area (Å²) < 4.78 is 28.1. The minimum absolute atomic E-state index is 0.283. The summed E-state index contributed by atoms with van der Waals surface area (Å²) in [5.41, 5.74) is 0.0138. The minimum atomic E-state index is -4.05. The van der Waals surface area contributed by atoms with Crippen molar-refractivity contribution in [2.24, 2.45) is 0 Å². The highest BCUT2D eigenvalue weighted by molar-refractivity contribution is 8.13. The van der Waals surface area contributed by atoms with E-state index in [4.69, 9.17) is 15.4 Å². The summed E-state index contributed by atoms with van der Waals surface area (Å²) in [7, 11) is 1.29. The number of carbonyl (C=O) groups is 1. The monoisotopic (exact) mass is 308 g/mol. The Labute approximate surface area is 116 Å². The van der Waals surface area contributed by atoms with E-state index in [1.807, 2.05) is 6.92 Å². The van der Waals surface area contributed by atoms with Crippen molar-refractivity contribution in [2.75, 3.05) is 0 Å². The number of hydrogen-bond acceptors (Lipinski definition) is 5. The lowest BCUT2D eigenvalue weighted by molar-refractivity contribution is 0.0312. The summed E-state index contributed by atoms with van der Waals surface area (Å²) in [5, 5.41) is 6.21. The Morgan fingerprint density at radius 3 is 2.58 bits per heavy atom. The quantitative estimate of drug-likeness (QED) is 0.643. The van der Waals surface area contributed by atoms with Gasteiger partial charge in [0.15, 0.2) is 5.69 Å². The molecule has 0 saturated carbocycles. The van der Waals surface area contributed by atoms with Crippen LogP contribution in [0.25, 0.3) is 0 Å². The lowest BCUT2D eigenvalue weighted by atomic mass is 10.2. The number of esters is 1. The van der Waals surface area contributed by atoms with Crippen LogP contribution in [0.5, 0.6) is 0 Å². The molecular weight excluding hydrogens is 292 g/mol. The van der Waals surface area contributed by atoms with Gasteiger partial charge >= 0.3 is 5.97 Å². The first-order valence-corrected chi connectivity index (χ1v) is 8.35. The van der Waals surface area contributed by atoms with E-state index in [0.717, 1.165) is 6.42 Å². The molecule has 1 N–H and O–H groups in total. The van der Waals surface area contributed by atoms with Crippen LogP contribution in [-0.2, 0) is 20.2 Å². The second kappa shape index (κ2) is 6.38. The highest BCUT2D eigenvalue weighted by Gasteiger charge is 2.29. The molecule has 1 rings (SSSR count). The van der Waals surface area contributed by atoms with Crippen LogP contribution in [0, 0.1) is 0 Å². The first-order chi connectivity index (χ1) is 8.81. The standard InChI is InChI=1S/C11H17ClN2O4S/c1-4-6-7(3)18-11(15)9-10(19(12,16)17)8(5-2)13-14-9/h7H,4-6H2,1-3H3,(H,13,14). The molecule has 0 aliphatic rings. The van der Waals surface area contributed by atoms with E-state index in [0.29, 0.717) is 18.5 Å². The number of hydrogen-bond donors (Lipinski definition) is 1. The molecule has 1 atom stereocenters. The van der Waals surface area contributed by atoms with Crippen LogP contribution in [0.3, 0.4) is 0 Å². The van der Waals surface area contributed by atoms with Gasteiger partial charge < -0.3 is 4.74 Å². The third-order valence-corrected chi connectivity index (χ3v) is 3.98. The maximum atomic E-state index is 11.9. The molecule has 0 bridgehead atoms. The van der Waals surface area contributed by atoms with Crippen molar-refractivity contribution >= 4 is 25.7 Å². The zero-order chi connectivity index (χ0) is 14.6. The summed E-state index contributed by atoms with van der Waals surface area (Å²) in [6, 6.07) is 0. The molecular formula is C11H17ClN2O4S. The van der Waals surface area contributed by atoms with Crippen LogP contribution in [-0.4, -0.2) is 30.7 Å². The van der Waals surface area contributed by atoms with Crippen LogP contribution in [0.4, 0.5) is 0 Å². The van der Waals surface area contributed by atoms with Crippen molar-refractivity contribution in [1.82, 2.24) is 10.2 Å². The highest BCUT2D eigenvalue weighted by atomic mass is 35.7. The Balaban J connectivity index is 3.08. The molecule has 6 nitrogen and oxygen atoms in total. The van der Waals surface area contributed by atoms with Crippen LogP contribution in [0.15, 0.2) is 4.90 Å². The fraction of sp³-hybridized carbons (Fsp3) is 0.636. The molecule has 8 heteroatoms. The molecule has 0 aliphatic carbocycles. The van der Waals surface area contributed by atoms with Gasteiger partial charge in [0.25, 0.3) is 9.05 Å². The van der Waals surface area contributed by atoms with E-state index < -0.39 is 15.0 Å². The average molecular weight is 309 g/mol. The average Bonchev–Trinajstić information content (AvgIpc) is 2.72. The number of rotatable bonds is 6.